The highest BCUT2D eigenvalue weighted by Gasteiger charge is 2.30. The summed E-state index contributed by atoms with van der Waals surface area (Å²) in [5, 5.41) is 0. The van der Waals surface area contributed by atoms with E-state index in [1.54, 1.807) is 47.0 Å². The molecule has 29 heavy (non-hydrogen) atoms. The molecule has 0 unspecified atom stereocenters. The predicted molar refractivity (Wildman–Crippen MR) is 119 cm³/mol. The van der Waals surface area contributed by atoms with E-state index in [9.17, 15) is 13.2 Å². The molecule has 2 aliphatic heterocycles. The smallest absolute Gasteiger partial charge is 0.243 e. The lowest BCUT2D eigenvalue weighted by molar-refractivity contribution is -0.129. The first-order valence-electron chi connectivity index (χ1n) is 9.29. The summed E-state index contributed by atoms with van der Waals surface area (Å²) < 4.78 is 27.8. The Bertz CT molecular complexity index is 1020. The minimum absolute atomic E-state index is 0.0221. The van der Waals surface area contributed by atoms with Crippen molar-refractivity contribution in [2.24, 2.45) is 4.99 Å². The molecule has 2 aromatic carbocycles. The summed E-state index contributed by atoms with van der Waals surface area (Å²) in [6.07, 6.45) is 0. The van der Waals surface area contributed by atoms with Gasteiger partial charge in [0.05, 0.1) is 16.3 Å². The van der Waals surface area contributed by atoms with Crippen LogP contribution in [-0.4, -0.2) is 59.8 Å². The number of para-hydroxylation sites is 1. The molecule has 0 saturated carbocycles. The maximum atomic E-state index is 12.7. The van der Waals surface area contributed by atoms with Crippen LogP contribution in [0.15, 0.2) is 64.5 Å². The highest BCUT2D eigenvalue weighted by atomic mass is 32.2. The van der Waals surface area contributed by atoms with Gasteiger partial charge >= 0.3 is 0 Å². The molecule has 0 radical (unpaired) electrons. The topological polar surface area (TPSA) is 70.1 Å². The van der Waals surface area contributed by atoms with Crippen LogP contribution in [0.5, 0.6) is 0 Å². The molecular weight excluding hydrogens is 426 g/mol. The normalized spacial score (nSPS) is 17.5. The first-order chi connectivity index (χ1) is 14.0. The molecule has 1 amide bonds. The molecule has 1 fully saturated rings. The highest BCUT2D eigenvalue weighted by Crippen LogP contribution is 2.34. The Morgan fingerprint density at radius 3 is 2.45 bits per heavy atom. The molecule has 0 aliphatic carbocycles. The fourth-order valence-corrected chi connectivity index (χ4v) is 6.63. The van der Waals surface area contributed by atoms with Gasteiger partial charge in [0.15, 0.2) is 0 Å². The lowest BCUT2D eigenvalue weighted by Gasteiger charge is -2.34. The van der Waals surface area contributed by atoms with E-state index in [4.69, 9.17) is 0 Å². The number of fused-ring (bicyclic) bond motifs is 1. The van der Waals surface area contributed by atoms with Crippen LogP contribution in [0.3, 0.4) is 0 Å². The van der Waals surface area contributed by atoms with Crippen LogP contribution >= 0.6 is 23.5 Å². The van der Waals surface area contributed by atoms with Crippen molar-refractivity contribution in [3.63, 3.8) is 0 Å². The average Bonchev–Trinajstić information content (AvgIpc) is 2.78. The van der Waals surface area contributed by atoms with Crippen molar-refractivity contribution in [3.05, 3.63) is 60.2 Å². The molecular formula is C20H21N3O3S3. The first kappa shape index (κ1) is 20.5. The SMILES string of the molecule is O=C(CSC1=Nc2ccccc2CS1)N1CCN(S(=O)(=O)c2ccccc2)CC1. The Labute approximate surface area is 179 Å². The number of rotatable bonds is 4. The van der Waals surface area contributed by atoms with E-state index in [1.165, 1.54) is 21.6 Å². The summed E-state index contributed by atoms with van der Waals surface area (Å²) in [5.74, 6) is 1.21. The summed E-state index contributed by atoms with van der Waals surface area (Å²) in [4.78, 5) is 19.2. The average molecular weight is 448 g/mol. The first-order valence-corrected chi connectivity index (χ1v) is 12.7. The van der Waals surface area contributed by atoms with E-state index < -0.39 is 10.0 Å². The van der Waals surface area contributed by atoms with Crippen LogP contribution in [0.1, 0.15) is 5.56 Å². The van der Waals surface area contributed by atoms with Crippen LogP contribution in [0.4, 0.5) is 5.69 Å². The largest absolute Gasteiger partial charge is 0.339 e. The number of carbonyl (C=O) groups is 1. The number of benzene rings is 2. The van der Waals surface area contributed by atoms with E-state index in [1.807, 2.05) is 18.2 Å². The number of hydrogen-bond acceptors (Lipinski definition) is 6. The molecule has 2 heterocycles. The van der Waals surface area contributed by atoms with Crippen molar-refractivity contribution in [1.29, 1.82) is 0 Å². The molecule has 6 nitrogen and oxygen atoms in total. The Morgan fingerprint density at radius 1 is 1.00 bits per heavy atom. The number of sulfonamides is 1. The number of amides is 1. The second-order valence-electron chi connectivity index (χ2n) is 6.68. The monoisotopic (exact) mass is 447 g/mol. The Morgan fingerprint density at radius 2 is 1.69 bits per heavy atom. The van der Waals surface area contributed by atoms with Crippen molar-refractivity contribution < 1.29 is 13.2 Å². The third-order valence-electron chi connectivity index (χ3n) is 4.85. The van der Waals surface area contributed by atoms with Gasteiger partial charge < -0.3 is 4.90 Å². The molecule has 4 rings (SSSR count). The van der Waals surface area contributed by atoms with Gasteiger partial charge in [0.2, 0.25) is 15.9 Å². The van der Waals surface area contributed by atoms with Crippen molar-refractivity contribution in [1.82, 2.24) is 9.21 Å². The second kappa shape index (κ2) is 8.91. The molecule has 152 valence electrons. The van der Waals surface area contributed by atoms with E-state index in [0.29, 0.717) is 36.8 Å². The fourth-order valence-electron chi connectivity index (χ4n) is 3.22. The molecule has 9 heteroatoms. The van der Waals surface area contributed by atoms with E-state index in [0.717, 1.165) is 15.8 Å². The van der Waals surface area contributed by atoms with Gasteiger partial charge in [-0.1, -0.05) is 59.9 Å². The quantitative estimate of drug-likeness (QED) is 0.720. The van der Waals surface area contributed by atoms with Gasteiger partial charge in [-0.15, -0.1) is 0 Å². The number of hydrogen-bond donors (Lipinski definition) is 0. The molecule has 0 bridgehead atoms. The number of thioether (sulfide) groups is 2. The lowest BCUT2D eigenvalue weighted by atomic mass is 10.2. The molecule has 1 saturated heterocycles. The van der Waals surface area contributed by atoms with Gasteiger partial charge in [-0.2, -0.15) is 4.31 Å². The van der Waals surface area contributed by atoms with Gasteiger partial charge in [0.1, 0.15) is 4.38 Å². The van der Waals surface area contributed by atoms with Gasteiger partial charge in [-0.05, 0) is 23.8 Å². The summed E-state index contributed by atoms with van der Waals surface area (Å²) in [6.45, 7) is 1.45. The van der Waals surface area contributed by atoms with Crippen LogP contribution in [0, 0.1) is 0 Å². The molecule has 2 aromatic rings. The summed E-state index contributed by atoms with van der Waals surface area (Å²) in [6, 6.07) is 16.5. The number of piperazine rings is 1. The van der Waals surface area contributed by atoms with E-state index in [2.05, 4.69) is 11.1 Å². The van der Waals surface area contributed by atoms with Crippen molar-refractivity contribution >= 4 is 49.5 Å². The van der Waals surface area contributed by atoms with Gasteiger partial charge in [-0.3, -0.25) is 4.79 Å². The fraction of sp³-hybridized carbons (Fsp3) is 0.300. The Hall–Kier alpha value is -1.81. The maximum absolute atomic E-state index is 12.7. The van der Waals surface area contributed by atoms with E-state index in [-0.39, 0.29) is 5.91 Å². The zero-order chi connectivity index (χ0) is 20.3. The standard InChI is InChI=1S/C20H21N3O3S3/c24-19(15-28-20-21-18-9-5-4-6-16(18)14-27-20)22-10-12-23(13-11-22)29(25,26)17-7-2-1-3-8-17/h1-9H,10-15H2. The summed E-state index contributed by atoms with van der Waals surface area (Å²) >= 11 is 3.11. The molecule has 2 aliphatic rings. The minimum Gasteiger partial charge on any atom is -0.339 e. The van der Waals surface area contributed by atoms with Crippen molar-refractivity contribution in [3.8, 4) is 0 Å². The van der Waals surface area contributed by atoms with Gasteiger partial charge in [-0.25, -0.2) is 13.4 Å². The molecule has 0 spiro atoms. The van der Waals surface area contributed by atoms with Crippen LogP contribution < -0.4 is 0 Å². The van der Waals surface area contributed by atoms with Crippen LogP contribution in [0.25, 0.3) is 0 Å². The number of aliphatic imine (C=N–C) groups is 1. The zero-order valence-electron chi connectivity index (χ0n) is 15.7. The van der Waals surface area contributed by atoms with Crippen LogP contribution in [0.2, 0.25) is 0 Å². The number of carbonyl (C=O) groups excluding carboxylic acids is 1. The highest BCUT2D eigenvalue weighted by molar-refractivity contribution is 8.38. The molecule has 0 atom stereocenters. The molecule has 0 N–H and O–H groups in total. The van der Waals surface area contributed by atoms with Gasteiger partial charge in [0, 0.05) is 31.9 Å². The summed E-state index contributed by atoms with van der Waals surface area (Å²) in [5.41, 5.74) is 2.19. The van der Waals surface area contributed by atoms with Crippen LogP contribution in [-0.2, 0) is 20.6 Å². The third-order valence-corrected chi connectivity index (χ3v) is 8.99. The zero-order valence-corrected chi connectivity index (χ0v) is 18.2. The third kappa shape index (κ3) is 4.69. The minimum atomic E-state index is -3.50. The Balaban J connectivity index is 1.30. The predicted octanol–water partition coefficient (Wildman–Crippen LogP) is 3.19. The van der Waals surface area contributed by atoms with E-state index >= 15 is 0 Å². The Kier molecular flexibility index (Phi) is 6.29. The maximum Gasteiger partial charge on any atom is 0.243 e. The van der Waals surface area contributed by atoms with Crippen molar-refractivity contribution in [2.45, 2.75) is 10.6 Å². The molecule has 0 aromatic heterocycles. The number of nitrogens with zero attached hydrogens (tertiary/aromatic N) is 3. The second-order valence-corrected chi connectivity index (χ2v) is 10.8. The van der Waals surface area contributed by atoms with Crippen molar-refractivity contribution in [2.75, 3.05) is 31.9 Å². The summed E-state index contributed by atoms with van der Waals surface area (Å²) in [7, 11) is -3.50. The van der Waals surface area contributed by atoms with Gasteiger partial charge in [0.25, 0.3) is 0 Å². The lowest BCUT2D eigenvalue weighted by Crippen LogP contribution is -2.51.